The molecule has 1 heterocycles. The molecule has 1 aromatic heterocycles. The van der Waals surface area contributed by atoms with Gasteiger partial charge in [-0.2, -0.15) is 0 Å². The molecule has 0 atom stereocenters. The van der Waals surface area contributed by atoms with Gasteiger partial charge < -0.3 is 11.1 Å². The quantitative estimate of drug-likeness (QED) is 0.838. The molecule has 92 valence electrons. The van der Waals surface area contributed by atoms with Crippen LogP contribution in [0, 0.1) is 6.92 Å². The van der Waals surface area contributed by atoms with E-state index in [4.69, 9.17) is 5.73 Å². The molecule has 0 saturated heterocycles. The van der Waals surface area contributed by atoms with Crippen LogP contribution in [0.1, 0.15) is 15.9 Å². The number of pyridine rings is 1. The van der Waals surface area contributed by atoms with E-state index in [0.29, 0.717) is 21.5 Å². The van der Waals surface area contributed by atoms with Crippen LogP contribution in [0.25, 0.3) is 0 Å². The van der Waals surface area contributed by atoms with E-state index in [1.807, 2.05) is 13.0 Å². The van der Waals surface area contributed by atoms with Crippen molar-refractivity contribution in [2.75, 3.05) is 11.1 Å². The number of hydrogen-bond donors (Lipinski definition) is 2. The van der Waals surface area contributed by atoms with Crippen molar-refractivity contribution in [2.45, 2.75) is 6.92 Å². The number of nitrogens with zero attached hydrogens (tertiary/aromatic N) is 1. The Labute approximate surface area is 113 Å². The standard InChI is InChI=1S/C13H12BrN3O/c1-8-2-5-12(16-7-8)17-13(18)10-6-9(15)3-4-11(10)14/h2-7H,15H2,1H3,(H,16,17,18). The van der Waals surface area contributed by atoms with Crippen molar-refractivity contribution in [3.63, 3.8) is 0 Å². The average Bonchev–Trinajstić information content (AvgIpc) is 2.35. The van der Waals surface area contributed by atoms with Gasteiger partial charge in [-0.3, -0.25) is 4.79 Å². The summed E-state index contributed by atoms with van der Waals surface area (Å²) in [6.07, 6.45) is 1.70. The fourth-order valence-corrected chi connectivity index (χ4v) is 1.87. The molecule has 2 rings (SSSR count). The van der Waals surface area contributed by atoms with Crippen LogP contribution >= 0.6 is 15.9 Å². The van der Waals surface area contributed by atoms with Crippen LogP contribution in [-0.2, 0) is 0 Å². The number of anilines is 2. The fourth-order valence-electron chi connectivity index (χ4n) is 1.44. The molecule has 0 radical (unpaired) electrons. The molecule has 4 nitrogen and oxygen atoms in total. The lowest BCUT2D eigenvalue weighted by molar-refractivity contribution is 0.102. The number of aryl methyl sites for hydroxylation is 1. The van der Waals surface area contributed by atoms with Crippen LogP contribution in [0.5, 0.6) is 0 Å². The maximum Gasteiger partial charge on any atom is 0.258 e. The maximum atomic E-state index is 12.0. The molecule has 0 spiro atoms. The minimum absolute atomic E-state index is 0.245. The number of amides is 1. The molecule has 1 amide bonds. The Kier molecular flexibility index (Phi) is 3.62. The molecule has 3 N–H and O–H groups in total. The third-order valence-electron chi connectivity index (χ3n) is 2.39. The van der Waals surface area contributed by atoms with Gasteiger partial charge in [0.05, 0.1) is 5.56 Å². The first-order valence-corrected chi connectivity index (χ1v) is 6.14. The first-order chi connectivity index (χ1) is 8.56. The summed E-state index contributed by atoms with van der Waals surface area (Å²) in [5.41, 5.74) is 7.73. The number of carbonyl (C=O) groups excluding carboxylic acids is 1. The number of carbonyl (C=O) groups is 1. The maximum absolute atomic E-state index is 12.0. The van der Waals surface area contributed by atoms with Crippen molar-refractivity contribution in [1.82, 2.24) is 4.98 Å². The predicted molar refractivity (Wildman–Crippen MR) is 75.5 cm³/mol. The lowest BCUT2D eigenvalue weighted by Gasteiger charge is -2.07. The second-order valence-corrected chi connectivity index (χ2v) is 4.77. The van der Waals surface area contributed by atoms with Crippen molar-refractivity contribution in [1.29, 1.82) is 0 Å². The Hall–Kier alpha value is -1.88. The highest BCUT2D eigenvalue weighted by Crippen LogP contribution is 2.20. The van der Waals surface area contributed by atoms with Crippen molar-refractivity contribution in [2.24, 2.45) is 0 Å². The van der Waals surface area contributed by atoms with Crippen LogP contribution in [0.3, 0.4) is 0 Å². The van der Waals surface area contributed by atoms with Crippen molar-refractivity contribution in [3.05, 3.63) is 52.1 Å². The highest BCUT2D eigenvalue weighted by molar-refractivity contribution is 9.10. The van der Waals surface area contributed by atoms with E-state index < -0.39 is 0 Å². The monoisotopic (exact) mass is 305 g/mol. The van der Waals surface area contributed by atoms with Gasteiger partial charge in [-0.25, -0.2) is 4.98 Å². The molecule has 2 aromatic rings. The summed E-state index contributed by atoms with van der Waals surface area (Å²) in [6, 6.07) is 8.73. The van der Waals surface area contributed by atoms with Gasteiger partial charge in [0.15, 0.2) is 0 Å². The smallest absolute Gasteiger partial charge is 0.258 e. The SMILES string of the molecule is Cc1ccc(NC(=O)c2cc(N)ccc2Br)nc1. The Bertz CT molecular complexity index is 581. The Morgan fingerprint density at radius 2 is 2.11 bits per heavy atom. The lowest BCUT2D eigenvalue weighted by atomic mass is 10.2. The van der Waals surface area contributed by atoms with Gasteiger partial charge in [-0.1, -0.05) is 6.07 Å². The van der Waals surface area contributed by atoms with Gasteiger partial charge in [0.2, 0.25) is 0 Å². The molecule has 0 aliphatic rings. The summed E-state index contributed by atoms with van der Waals surface area (Å²) in [4.78, 5) is 16.2. The van der Waals surface area contributed by atoms with Gasteiger partial charge in [0.25, 0.3) is 5.91 Å². The van der Waals surface area contributed by atoms with Gasteiger partial charge in [0, 0.05) is 16.4 Å². The number of nitrogens with one attached hydrogen (secondary N) is 1. The normalized spacial score (nSPS) is 10.1. The molecule has 18 heavy (non-hydrogen) atoms. The molecular formula is C13H12BrN3O. The predicted octanol–water partition coefficient (Wildman–Crippen LogP) is 2.99. The number of hydrogen-bond acceptors (Lipinski definition) is 3. The van der Waals surface area contributed by atoms with E-state index in [-0.39, 0.29) is 5.91 Å². The molecule has 0 aliphatic heterocycles. The minimum atomic E-state index is -0.245. The van der Waals surface area contributed by atoms with Crippen LogP contribution in [0.2, 0.25) is 0 Å². The number of aromatic nitrogens is 1. The average molecular weight is 306 g/mol. The summed E-state index contributed by atoms with van der Waals surface area (Å²) in [5.74, 6) is 0.269. The van der Waals surface area contributed by atoms with Gasteiger partial charge in [-0.15, -0.1) is 0 Å². The van der Waals surface area contributed by atoms with Gasteiger partial charge >= 0.3 is 0 Å². The highest BCUT2D eigenvalue weighted by atomic mass is 79.9. The molecule has 0 bridgehead atoms. The number of nitrogens with two attached hydrogens (primary N) is 1. The van der Waals surface area contributed by atoms with E-state index in [1.54, 1.807) is 30.5 Å². The second-order valence-electron chi connectivity index (χ2n) is 3.91. The molecule has 1 aromatic carbocycles. The first-order valence-electron chi connectivity index (χ1n) is 5.35. The number of benzene rings is 1. The molecule has 0 aliphatic carbocycles. The summed E-state index contributed by atoms with van der Waals surface area (Å²) in [5, 5.41) is 2.72. The number of halogens is 1. The molecule has 0 saturated carbocycles. The number of rotatable bonds is 2. The van der Waals surface area contributed by atoms with Crippen LogP contribution in [-0.4, -0.2) is 10.9 Å². The van der Waals surface area contributed by atoms with Crippen LogP contribution in [0.4, 0.5) is 11.5 Å². The molecule has 0 fully saturated rings. The zero-order chi connectivity index (χ0) is 13.1. The third kappa shape index (κ3) is 2.87. The Morgan fingerprint density at radius 1 is 1.33 bits per heavy atom. The van der Waals surface area contributed by atoms with Gasteiger partial charge in [-0.05, 0) is 52.7 Å². The summed E-state index contributed by atoms with van der Waals surface area (Å²) >= 11 is 3.32. The van der Waals surface area contributed by atoms with E-state index in [2.05, 4.69) is 26.2 Å². The van der Waals surface area contributed by atoms with E-state index in [9.17, 15) is 4.79 Å². The van der Waals surface area contributed by atoms with E-state index in [1.165, 1.54) is 0 Å². The topological polar surface area (TPSA) is 68.0 Å². The lowest BCUT2D eigenvalue weighted by Crippen LogP contribution is -2.13. The summed E-state index contributed by atoms with van der Waals surface area (Å²) in [7, 11) is 0. The summed E-state index contributed by atoms with van der Waals surface area (Å²) < 4.78 is 0.696. The fraction of sp³-hybridized carbons (Fsp3) is 0.0769. The zero-order valence-corrected chi connectivity index (χ0v) is 11.4. The van der Waals surface area contributed by atoms with Crippen LogP contribution in [0.15, 0.2) is 41.0 Å². The highest BCUT2D eigenvalue weighted by Gasteiger charge is 2.11. The minimum Gasteiger partial charge on any atom is -0.399 e. The molecule has 0 unspecified atom stereocenters. The van der Waals surface area contributed by atoms with Crippen LogP contribution < -0.4 is 11.1 Å². The first kappa shape index (κ1) is 12.6. The van der Waals surface area contributed by atoms with Crippen molar-refractivity contribution in [3.8, 4) is 0 Å². The Morgan fingerprint density at radius 3 is 2.78 bits per heavy atom. The van der Waals surface area contributed by atoms with Gasteiger partial charge in [0.1, 0.15) is 5.82 Å². The third-order valence-corrected chi connectivity index (χ3v) is 3.08. The second kappa shape index (κ2) is 5.18. The summed E-state index contributed by atoms with van der Waals surface area (Å²) in [6.45, 7) is 1.94. The van der Waals surface area contributed by atoms with E-state index in [0.717, 1.165) is 5.56 Å². The molecule has 5 heteroatoms. The Balaban J connectivity index is 2.21. The largest absolute Gasteiger partial charge is 0.399 e. The zero-order valence-electron chi connectivity index (χ0n) is 9.77. The number of nitrogen functional groups attached to an aromatic ring is 1. The van der Waals surface area contributed by atoms with Crippen molar-refractivity contribution >= 4 is 33.3 Å². The molecular weight excluding hydrogens is 294 g/mol. The van der Waals surface area contributed by atoms with E-state index >= 15 is 0 Å². The van der Waals surface area contributed by atoms with Crippen molar-refractivity contribution < 1.29 is 4.79 Å².